The third kappa shape index (κ3) is 3.08. The minimum absolute atomic E-state index is 0.447. The van der Waals surface area contributed by atoms with E-state index in [0.29, 0.717) is 6.42 Å². The number of hydrogen-bond acceptors (Lipinski definition) is 2. The van der Waals surface area contributed by atoms with Gasteiger partial charge in [0.15, 0.2) is 0 Å². The largest absolute Gasteiger partial charge is 0.387 e. The van der Waals surface area contributed by atoms with Crippen molar-refractivity contribution in [3.05, 3.63) is 55.6 Å². The first-order valence-corrected chi connectivity index (χ1v) is 6.86. The fraction of sp³-hybridized carbons (Fsp3) is 0.167. The van der Waals surface area contributed by atoms with Crippen LogP contribution >= 0.6 is 38.9 Å². The molecule has 0 aliphatic heterocycles. The molecule has 2 aromatic rings. The number of halogens is 2. The molecule has 1 unspecified atom stereocenters. The van der Waals surface area contributed by atoms with E-state index in [9.17, 15) is 5.11 Å². The van der Waals surface area contributed by atoms with E-state index in [1.807, 2.05) is 35.7 Å². The van der Waals surface area contributed by atoms with Crippen LogP contribution in [-0.2, 0) is 6.42 Å². The van der Waals surface area contributed by atoms with Crippen molar-refractivity contribution in [1.29, 1.82) is 0 Å². The number of aliphatic hydroxyl groups is 1. The Bertz CT molecular complexity index is 466. The topological polar surface area (TPSA) is 20.2 Å². The highest BCUT2D eigenvalue weighted by Crippen LogP contribution is 2.27. The maximum absolute atomic E-state index is 10.0. The molecule has 1 aromatic heterocycles. The summed E-state index contributed by atoms with van der Waals surface area (Å²) in [4.78, 5) is 0.974. The third-order valence-corrected chi connectivity index (χ3v) is 4.31. The van der Waals surface area contributed by atoms with Crippen molar-refractivity contribution in [2.45, 2.75) is 12.5 Å². The second-order valence-electron chi connectivity index (χ2n) is 3.51. The molecule has 84 valence electrons. The molecule has 0 fully saturated rings. The van der Waals surface area contributed by atoms with Gasteiger partial charge in [0.1, 0.15) is 0 Å². The minimum Gasteiger partial charge on any atom is -0.387 e. The molecule has 0 spiro atoms. The molecule has 1 N–H and O–H groups in total. The van der Waals surface area contributed by atoms with E-state index in [1.165, 1.54) is 0 Å². The second-order valence-corrected chi connectivity index (χ2v) is 5.81. The van der Waals surface area contributed by atoms with E-state index in [2.05, 4.69) is 15.9 Å². The van der Waals surface area contributed by atoms with Gasteiger partial charge in [0.05, 0.1) is 6.10 Å². The molecular weight excluding hydrogens is 308 g/mol. The predicted molar refractivity (Wildman–Crippen MR) is 72.1 cm³/mol. The zero-order valence-electron chi connectivity index (χ0n) is 8.36. The van der Waals surface area contributed by atoms with Crippen LogP contribution in [0.15, 0.2) is 40.2 Å². The van der Waals surface area contributed by atoms with Crippen molar-refractivity contribution in [3.8, 4) is 0 Å². The van der Waals surface area contributed by atoms with Gasteiger partial charge in [-0.05, 0) is 39.7 Å². The van der Waals surface area contributed by atoms with Gasteiger partial charge in [-0.15, -0.1) is 11.3 Å². The molecule has 16 heavy (non-hydrogen) atoms. The van der Waals surface area contributed by atoms with Crippen LogP contribution in [0.4, 0.5) is 0 Å². The average Bonchev–Trinajstić information content (AvgIpc) is 2.68. The maximum atomic E-state index is 10.0. The molecule has 0 radical (unpaired) electrons. The van der Waals surface area contributed by atoms with E-state index in [0.717, 1.165) is 19.9 Å². The number of hydrogen-bond donors (Lipinski definition) is 1. The van der Waals surface area contributed by atoms with Gasteiger partial charge in [0, 0.05) is 26.2 Å². The van der Waals surface area contributed by atoms with E-state index >= 15 is 0 Å². The van der Waals surface area contributed by atoms with Crippen molar-refractivity contribution in [2.75, 3.05) is 0 Å². The van der Waals surface area contributed by atoms with E-state index in [4.69, 9.17) is 11.6 Å². The van der Waals surface area contributed by atoms with Crippen molar-refractivity contribution in [1.82, 2.24) is 0 Å². The Morgan fingerprint density at radius 1 is 1.31 bits per heavy atom. The van der Waals surface area contributed by atoms with E-state index in [-0.39, 0.29) is 0 Å². The van der Waals surface area contributed by atoms with E-state index < -0.39 is 6.10 Å². The van der Waals surface area contributed by atoms with Gasteiger partial charge in [0.2, 0.25) is 0 Å². The molecule has 0 aliphatic rings. The summed E-state index contributed by atoms with van der Waals surface area (Å²) in [5.74, 6) is 0. The highest BCUT2D eigenvalue weighted by Gasteiger charge is 2.10. The average molecular weight is 318 g/mol. The Balaban J connectivity index is 2.07. The lowest BCUT2D eigenvalue weighted by Crippen LogP contribution is -1.99. The van der Waals surface area contributed by atoms with Gasteiger partial charge in [-0.25, -0.2) is 0 Å². The second kappa shape index (κ2) is 5.32. The molecule has 4 heteroatoms. The van der Waals surface area contributed by atoms with Gasteiger partial charge in [-0.3, -0.25) is 0 Å². The monoisotopic (exact) mass is 316 g/mol. The maximum Gasteiger partial charge on any atom is 0.0922 e. The van der Waals surface area contributed by atoms with Crippen molar-refractivity contribution in [3.63, 3.8) is 0 Å². The van der Waals surface area contributed by atoms with Crippen molar-refractivity contribution >= 4 is 38.9 Å². The van der Waals surface area contributed by atoms with Gasteiger partial charge in [-0.1, -0.05) is 23.7 Å². The summed E-state index contributed by atoms with van der Waals surface area (Å²) < 4.78 is 1.02. The summed E-state index contributed by atoms with van der Waals surface area (Å²) in [6.07, 6.45) is 0.168. The van der Waals surface area contributed by atoms with Crippen LogP contribution in [0, 0.1) is 0 Å². The highest BCUT2D eigenvalue weighted by molar-refractivity contribution is 9.10. The number of rotatable bonds is 3. The quantitative estimate of drug-likeness (QED) is 0.887. The number of aliphatic hydroxyl groups excluding tert-OH is 1. The van der Waals surface area contributed by atoms with Gasteiger partial charge >= 0.3 is 0 Å². The van der Waals surface area contributed by atoms with Crippen molar-refractivity contribution < 1.29 is 5.11 Å². The highest BCUT2D eigenvalue weighted by atomic mass is 79.9. The van der Waals surface area contributed by atoms with Crippen LogP contribution in [0.1, 0.15) is 16.5 Å². The Hall–Kier alpha value is -0.350. The molecule has 1 heterocycles. The number of benzene rings is 1. The van der Waals surface area contributed by atoms with Gasteiger partial charge in [-0.2, -0.15) is 0 Å². The van der Waals surface area contributed by atoms with Crippen molar-refractivity contribution in [2.24, 2.45) is 0 Å². The lowest BCUT2D eigenvalue weighted by Gasteiger charge is -2.08. The van der Waals surface area contributed by atoms with Crippen LogP contribution in [0.5, 0.6) is 0 Å². The lowest BCUT2D eigenvalue weighted by molar-refractivity contribution is 0.182. The zero-order valence-corrected chi connectivity index (χ0v) is 11.5. The molecule has 0 saturated carbocycles. The summed E-state index contributed by atoms with van der Waals surface area (Å²) in [7, 11) is 0. The molecule has 0 bridgehead atoms. The SMILES string of the molecule is OC(Cc1ccc(Cl)cc1)c1cc(Br)cs1. The third-order valence-electron chi connectivity index (χ3n) is 2.26. The molecule has 2 rings (SSSR count). The normalized spacial score (nSPS) is 12.7. The minimum atomic E-state index is -0.447. The van der Waals surface area contributed by atoms with Crippen LogP contribution in [0.3, 0.4) is 0 Å². The van der Waals surface area contributed by atoms with Crippen LogP contribution < -0.4 is 0 Å². The van der Waals surface area contributed by atoms with Crippen LogP contribution in [0.25, 0.3) is 0 Å². The Morgan fingerprint density at radius 3 is 2.56 bits per heavy atom. The zero-order chi connectivity index (χ0) is 11.5. The predicted octanol–water partition coefficient (Wildman–Crippen LogP) is 4.44. The Morgan fingerprint density at radius 2 is 2.00 bits per heavy atom. The first kappa shape index (κ1) is 12.1. The first-order valence-electron chi connectivity index (χ1n) is 4.81. The fourth-order valence-electron chi connectivity index (χ4n) is 1.45. The summed E-state index contributed by atoms with van der Waals surface area (Å²) in [5.41, 5.74) is 1.08. The standard InChI is InChI=1S/C12H10BrClOS/c13-9-6-12(16-7-9)11(15)5-8-1-3-10(14)4-2-8/h1-4,6-7,11,15H,5H2. The summed E-state index contributed by atoms with van der Waals surface area (Å²) in [5, 5.41) is 12.7. The molecule has 1 nitrogen and oxygen atoms in total. The fourth-order valence-corrected chi connectivity index (χ4v) is 3.00. The molecular formula is C12H10BrClOS. The van der Waals surface area contributed by atoms with Gasteiger partial charge in [0.25, 0.3) is 0 Å². The lowest BCUT2D eigenvalue weighted by atomic mass is 10.1. The van der Waals surface area contributed by atoms with Gasteiger partial charge < -0.3 is 5.11 Å². The van der Waals surface area contributed by atoms with E-state index in [1.54, 1.807) is 11.3 Å². The first-order chi connectivity index (χ1) is 7.65. The Kier molecular flexibility index (Phi) is 4.03. The summed E-state index contributed by atoms with van der Waals surface area (Å²) in [6.45, 7) is 0. The molecule has 1 atom stereocenters. The molecule has 0 amide bonds. The van der Waals surface area contributed by atoms with Crippen LogP contribution in [-0.4, -0.2) is 5.11 Å². The Labute approximate surface area is 112 Å². The molecule has 0 aliphatic carbocycles. The summed E-state index contributed by atoms with van der Waals surface area (Å²) in [6, 6.07) is 9.51. The number of thiophene rings is 1. The van der Waals surface area contributed by atoms with Crippen LogP contribution in [0.2, 0.25) is 5.02 Å². The summed E-state index contributed by atoms with van der Waals surface area (Å²) >= 11 is 10.7. The molecule has 0 saturated heterocycles. The molecule has 1 aromatic carbocycles. The smallest absolute Gasteiger partial charge is 0.0922 e.